The fraction of sp³-hybridized carbons (Fsp3) is 0.111. The Kier molecular flexibility index (Phi) is 4.19. The van der Waals surface area contributed by atoms with Gasteiger partial charge in [-0.2, -0.15) is 5.10 Å². The van der Waals surface area contributed by atoms with Crippen molar-refractivity contribution in [2.45, 2.75) is 13.5 Å². The molecular formula is C18H16FN3O. The van der Waals surface area contributed by atoms with Crippen LogP contribution in [-0.2, 0) is 11.3 Å². The van der Waals surface area contributed by atoms with E-state index < -0.39 is 0 Å². The van der Waals surface area contributed by atoms with E-state index in [0.29, 0.717) is 12.1 Å². The van der Waals surface area contributed by atoms with Gasteiger partial charge in [-0.25, -0.2) is 9.82 Å². The van der Waals surface area contributed by atoms with E-state index >= 15 is 0 Å². The topological polar surface area (TPSA) is 46.4 Å². The molecule has 0 saturated heterocycles. The first-order chi connectivity index (χ1) is 11.1. The van der Waals surface area contributed by atoms with Crippen LogP contribution < -0.4 is 5.43 Å². The number of carbonyl (C=O) groups excluding carboxylic acids is 1. The summed E-state index contributed by atoms with van der Waals surface area (Å²) in [6.07, 6.45) is 3.50. The lowest BCUT2D eigenvalue weighted by Gasteiger charge is -2.06. The number of aromatic nitrogens is 1. The summed E-state index contributed by atoms with van der Waals surface area (Å²) in [6, 6.07) is 14.6. The molecule has 1 N–H and O–H groups in total. The van der Waals surface area contributed by atoms with Crippen LogP contribution in [0.3, 0.4) is 0 Å². The van der Waals surface area contributed by atoms with Crippen molar-refractivity contribution in [3.05, 3.63) is 71.7 Å². The van der Waals surface area contributed by atoms with Crippen LogP contribution in [0.25, 0.3) is 10.9 Å². The smallest absolute Gasteiger partial charge is 0.236 e. The highest BCUT2D eigenvalue weighted by Gasteiger charge is 2.09. The third kappa shape index (κ3) is 3.29. The number of halogens is 1. The van der Waals surface area contributed by atoms with Gasteiger partial charge in [-0.15, -0.1) is 0 Å². The van der Waals surface area contributed by atoms with E-state index in [1.807, 2.05) is 41.1 Å². The molecule has 5 heteroatoms. The average Bonchev–Trinajstić information content (AvgIpc) is 2.88. The highest BCUT2D eigenvalue weighted by atomic mass is 19.1. The van der Waals surface area contributed by atoms with Crippen LogP contribution >= 0.6 is 0 Å². The first-order valence-corrected chi connectivity index (χ1v) is 7.26. The lowest BCUT2D eigenvalue weighted by atomic mass is 10.2. The molecule has 0 radical (unpaired) electrons. The lowest BCUT2D eigenvalue weighted by Crippen LogP contribution is -2.12. The van der Waals surface area contributed by atoms with Crippen molar-refractivity contribution in [1.82, 2.24) is 9.99 Å². The number of rotatable bonds is 4. The molecule has 0 spiro atoms. The second kappa shape index (κ2) is 6.44. The minimum Gasteiger partial charge on any atom is -0.342 e. The third-order valence-corrected chi connectivity index (χ3v) is 3.54. The normalized spacial score (nSPS) is 11.2. The van der Waals surface area contributed by atoms with E-state index in [-0.39, 0.29) is 11.7 Å². The number of nitrogens with one attached hydrogen (secondary N) is 1. The van der Waals surface area contributed by atoms with Crippen molar-refractivity contribution in [3.63, 3.8) is 0 Å². The van der Waals surface area contributed by atoms with E-state index in [0.717, 1.165) is 16.5 Å². The SMILES string of the molecule is CC(=O)N/N=C/c1cn(Cc2ccccc2F)c2ccccc12. The van der Waals surface area contributed by atoms with Crippen LogP contribution in [0.1, 0.15) is 18.1 Å². The van der Waals surface area contributed by atoms with E-state index in [1.54, 1.807) is 18.3 Å². The molecule has 1 aromatic heterocycles. The fourth-order valence-corrected chi connectivity index (χ4v) is 2.51. The number of carbonyl (C=O) groups is 1. The summed E-state index contributed by atoms with van der Waals surface area (Å²) in [6.45, 7) is 1.83. The van der Waals surface area contributed by atoms with Crippen LogP contribution in [0.4, 0.5) is 4.39 Å². The lowest BCUT2D eigenvalue weighted by molar-refractivity contribution is -0.118. The summed E-state index contributed by atoms with van der Waals surface area (Å²) < 4.78 is 15.9. The zero-order valence-corrected chi connectivity index (χ0v) is 12.7. The van der Waals surface area contributed by atoms with Crippen molar-refractivity contribution in [1.29, 1.82) is 0 Å². The Morgan fingerprint density at radius 1 is 1.22 bits per heavy atom. The summed E-state index contributed by atoms with van der Waals surface area (Å²) in [7, 11) is 0. The Hall–Kier alpha value is -2.95. The van der Waals surface area contributed by atoms with Crippen LogP contribution in [0.15, 0.2) is 59.8 Å². The maximum absolute atomic E-state index is 13.9. The number of benzene rings is 2. The van der Waals surface area contributed by atoms with Gasteiger partial charge in [0.1, 0.15) is 5.82 Å². The van der Waals surface area contributed by atoms with Gasteiger partial charge in [0, 0.05) is 35.2 Å². The van der Waals surface area contributed by atoms with E-state index in [1.165, 1.54) is 13.0 Å². The number of nitrogens with zero attached hydrogens (tertiary/aromatic N) is 2. The highest BCUT2D eigenvalue weighted by Crippen LogP contribution is 2.21. The molecule has 0 fully saturated rings. The second-order valence-electron chi connectivity index (χ2n) is 5.25. The molecule has 116 valence electrons. The molecule has 0 aliphatic carbocycles. The minimum atomic E-state index is -0.226. The number of fused-ring (bicyclic) bond motifs is 1. The molecule has 0 unspecified atom stereocenters. The minimum absolute atomic E-state index is 0.223. The van der Waals surface area contributed by atoms with Crippen LogP contribution in [0, 0.1) is 5.82 Å². The molecule has 0 atom stereocenters. The second-order valence-corrected chi connectivity index (χ2v) is 5.25. The first kappa shape index (κ1) is 15.0. The molecule has 0 bridgehead atoms. The van der Waals surface area contributed by atoms with Crippen molar-refractivity contribution in [2.75, 3.05) is 0 Å². The van der Waals surface area contributed by atoms with Crippen molar-refractivity contribution in [2.24, 2.45) is 5.10 Å². The van der Waals surface area contributed by atoms with Gasteiger partial charge < -0.3 is 4.57 Å². The molecule has 4 nitrogen and oxygen atoms in total. The van der Waals surface area contributed by atoms with Gasteiger partial charge in [0.15, 0.2) is 0 Å². The summed E-state index contributed by atoms with van der Waals surface area (Å²) >= 11 is 0. The zero-order valence-electron chi connectivity index (χ0n) is 12.7. The fourth-order valence-electron chi connectivity index (χ4n) is 2.51. The number of para-hydroxylation sites is 1. The number of hydrogen-bond acceptors (Lipinski definition) is 2. The molecule has 3 rings (SSSR count). The summed E-state index contributed by atoms with van der Waals surface area (Å²) in [4.78, 5) is 10.9. The van der Waals surface area contributed by atoms with Crippen LogP contribution in [0.5, 0.6) is 0 Å². The Morgan fingerprint density at radius 3 is 2.74 bits per heavy atom. The zero-order chi connectivity index (χ0) is 16.2. The van der Waals surface area contributed by atoms with E-state index in [4.69, 9.17) is 0 Å². The number of hydrogen-bond donors (Lipinski definition) is 1. The van der Waals surface area contributed by atoms with Gasteiger partial charge in [-0.3, -0.25) is 4.79 Å². The highest BCUT2D eigenvalue weighted by molar-refractivity contribution is 5.99. The predicted octanol–water partition coefficient (Wildman–Crippen LogP) is 3.30. The maximum Gasteiger partial charge on any atom is 0.236 e. The van der Waals surface area contributed by atoms with Gasteiger partial charge in [-0.05, 0) is 12.1 Å². The summed E-state index contributed by atoms with van der Waals surface area (Å²) in [5, 5.41) is 4.92. The Balaban J connectivity index is 1.99. The third-order valence-electron chi connectivity index (χ3n) is 3.54. The molecular weight excluding hydrogens is 293 g/mol. The first-order valence-electron chi connectivity index (χ1n) is 7.26. The largest absolute Gasteiger partial charge is 0.342 e. The Morgan fingerprint density at radius 2 is 1.96 bits per heavy atom. The Labute approximate surface area is 133 Å². The van der Waals surface area contributed by atoms with Crippen molar-refractivity contribution >= 4 is 23.0 Å². The quantitative estimate of drug-likeness (QED) is 0.583. The van der Waals surface area contributed by atoms with E-state index in [2.05, 4.69) is 10.5 Å². The number of amides is 1. The summed E-state index contributed by atoms with van der Waals surface area (Å²) in [5.41, 5.74) is 4.86. The van der Waals surface area contributed by atoms with E-state index in [9.17, 15) is 9.18 Å². The molecule has 23 heavy (non-hydrogen) atoms. The predicted molar refractivity (Wildman–Crippen MR) is 88.9 cm³/mol. The average molecular weight is 309 g/mol. The van der Waals surface area contributed by atoms with Crippen molar-refractivity contribution < 1.29 is 9.18 Å². The van der Waals surface area contributed by atoms with Crippen LogP contribution in [-0.4, -0.2) is 16.7 Å². The molecule has 1 amide bonds. The molecule has 3 aromatic rings. The number of hydrazone groups is 1. The van der Waals surface area contributed by atoms with Crippen LogP contribution in [0.2, 0.25) is 0 Å². The van der Waals surface area contributed by atoms with Gasteiger partial charge >= 0.3 is 0 Å². The van der Waals surface area contributed by atoms with Gasteiger partial charge in [0.2, 0.25) is 5.91 Å². The molecule has 2 aromatic carbocycles. The Bertz CT molecular complexity index is 883. The van der Waals surface area contributed by atoms with Crippen molar-refractivity contribution in [3.8, 4) is 0 Å². The monoisotopic (exact) mass is 309 g/mol. The van der Waals surface area contributed by atoms with Gasteiger partial charge in [0.25, 0.3) is 0 Å². The molecule has 1 heterocycles. The molecule has 0 aliphatic heterocycles. The molecule has 0 aliphatic rings. The standard InChI is InChI=1S/C18H16FN3O/c1-13(23)21-20-10-15-12-22(18-9-5-3-7-16(15)18)11-14-6-2-4-8-17(14)19/h2-10,12H,11H2,1H3,(H,21,23)/b20-10+. The molecule has 0 saturated carbocycles. The van der Waals surface area contributed by atoms with Gasteiger partial charge in [-0.1, -0.05) is 36.4 Å². The summed E-state index contributed by atoms with van der Waals surface area (Å²) in [5.74, 6) is -0.449. The maximum atomic E-state index is 13.9. The van der Waals surface area contributed by atoms with Gasteiger partial charge in [0.05, 0.1) is 12.8 Å².